The number of aryl methyl sites for hydroxylation is 1. The van der Waals surface area contributed by atoms with Crippen molar-refractivity contribution in [3.63, 3.8) is 0 Å². The summed E-state index contributed by atoms with van der Waals surface area (Å²) in [5.74, 6) is 0.368. The van der Waals surface area contributed by atoms with Crippen LogP contribution < -0.4 is 4.90 Å². The van der Waals surface area contributed by atoms with Gasteiger partial charge in [-0.1, -0.05) is 0 Å². The van der Waals surface area contributed by atoms with Crippen molar-refractivity contribution >= 4 is 11.6 Å². The van der Waals surface area contributed by atoms with E-state index in [2.05, 4.69) is 16.0 Å². The van der Waals surface area contributed by atoms with E-state index >= 15 is 0 Å². The number of rotatable bonds is 2. The number of aromatic nitrogens is 1. The van der Waals surface area contributed by atoms with E-state index < -0.39 is 5.41 Å². The lowest BCUT2D eigenvalue weighted by atomic mass is 9.73. The van der Waals surface area contributed by atoms with Gasteiger partial charge in [0.05, 0.1) is 36.5 Å². The van der Waals surface area contributed by atoms with Crippen LogP contribution in [0.25, 0.3) is 0 Å². The first-order valence-electron chi connectivity index (χ1n) is 9.20. The Bertz CT molecular complexity index is 741. The molecule has 1 aromatic heterocycles. The van der Waals surface area contributed by atoms with Crippen molar-refractivity contribution in [2.45, 2.75) is 13.3 Å². The molecule has 0 bridgehead atoms. The van der Waals surface area contributed by atoms with Crippen LogP contribution in [0.4, 0.5) is 5.69 Å². The predicted octanol–water partition coefficient (Wildman–Crippen LogP) is 0.963. The zero-order valence-electron chi connectivity index (χ0n) is 15.1. The van der Waals surface area contributed by atoms with E-state index in [1.54, 1.807) is 6.20 Å². The summed E-state index contributed by atoms with van der Waals surface area (Å²) in [5, 5.41) is 9.48. The molecule has 4 rings (SSSR count). The number of morpholine rings is 1. The third-order valence-electron chi connectivity index (χ3n) is 5.91. The van der Waals surface area contributed by atoms with Crippen LogP contribution in [0.5, 0.6) is 0 Å². The summed E-state index contributed by atoms with van der Waals surface area (Å²) in [6.07, 6.45) is 2.36. The highest BCUT2D eigenvalue weighted by molar-refractivity contribution is 5.85. The lowest BCUT2D eigenvalue weighted by Gasteiger charge is -2.41. The predicted molar refractivity (Wildman–Crippen MR) is 94.7 cm³/mol. The van der Waals surface area contributed by atoms with Crippen molar-refractivity contribution in [1.29, 1.82) is 5.26 Å². The molecule has 7 heteroatoms. The van der Waals surface area contributed by atoms with Crippen molar-refractivity contribution in [3.8, 4) is 6.07 Å². The number of ether oxygens (including phenoxy) is 2. The zero-order chi connectivity index (χ0) is 18.1. The van der Waals surface area contributed by atoms with E-state index in [-0.39, 0.29) is 11.8 Å². The van der Waals surface area contributed by atoms with Gasteiger partial charge in [0.1, 0.15) is 6.07 Å². The molecule has 2 atom stereocenters. The van der Waals surface area contributed by atoms with Gasteiger partial charge in [0.25, 0.3) is 0 Å². The summed E-state index contributed by atoms with van der Waals surface area (Å²) in [4.78, 5) is 21.8. The molecule has 3 aliphatic heterocycles. The van der Waals surface area contributed by atoms with Gasteiger partial charge < -0.3 is 19.3 Å². The summed E-state index contributed by atoms with van der Waals surface area (Å²) in [5.41, 5.74) is 1.88. The first-order chi connectivity index (χ1) is 12.6. The highest BCUT2D eigenvalue weighted by Crippen LogP contribution is 2.45. The van der Waals surface area contributed by atoms with Gasteiger partial charge in [0.2, 0.25) is 5.91 Å². The maximum Gasteiger partial charge on any atom is 0.231 e. The van der Waals surface area contributed by atoms with Crippen molar-refractivity contribution in [2.24, 2.45) is 11.3 Å². The van der Waals surface area contributed by atoms with E-state index in [9.17, 15) is 10.1 Å². The summed E-state index contributed by atoms with van der Waals surface area (Å²) in [6, 6.07) is 4.19. The van der Waals surface area contributed by atoms with Crippen molar-refractivity contribution in [2.75, 3.05) is 57.5 Å². The first kappa shape index (κ1) is 17.3. The number of pyridine rings is 1. The summed E-state index contributed by atoms with van der Waals surface area (Å²) in [7, 11) is 0. The number of anilines is 1. The molecule has 138 valence electrons. The standard InChI is InChI=1S/C19H24N4O3/c1-14-8-17(15(9-20)10-21-14)23-11-16-12-26-5-2-19(16,13-23)18(24)22-3-6-25-7-4-22/h8,10,16H,2-7,11-13H2,1H3. The Morgan fingerprint density at radius 3 is 2.92 bits per heavy atom. The van der Waals surface area contributed by atoms with Crippen molar-refractivity contribution in [1.82, 2.24) is 9.88 Å². The zero-order valence-corrected chi connectivity index (χ0v) is 15.1. The maximum absolute atomic E-state index is 13.5. The van der Waals surface area contributed by atoms with Gasteiger partial charge in [-0.25, -0.2) is 0 Å². The fourth-order valence-corrected chi connectivity index (χ4v) is 4.46. The van der Waals surface area contributed by atoms with Crippen LogP contribution in [0.3, 0.4) is 0 Å². The fraction of sp³-hybridized carbons (Fsp3) is 0.632. The number of hydrogen-bond acceptors (Lipinski definition) is 6. The third kappa shape index (κ3) is 2.83. The highest BCUT2D eigenvalue weighted by atomic mass is 16.5. The van der Waals surface area contributed by atoms with Crippen LogP contribution in [0, 0.1) is 29.6 Å². The van der Waals surface area contributed by atoms with Gasteiger partial charge in [-0.15, -0.1) is 0 Å². The van der Waals surface area contributed by atoms with Gasteiger partial charge in [-0.2, -0.15) is 5.26 Å². The molecule has 4 heterocycles. The van der Waals surface area contributed by atoms with Gasteiger partial charge in [0, 0.05) is 50.6 Å². The summed E-state index contributed by atoms with van der Waals surface area (Å²) >= 11 is 0. The minimum Gasteiger partial charge on any atom is -0.381 e. The molecule has 3 saturated heterocycles. The molecule has 0 spiro atoms. The van der Waals surface area contributed by atoms with Crippen molar-refractivity contribution in [3.05, 3.63) is 23.5 Å². The van der Waals surface area contributed by atoms with Crippen LogP contribution in [-0.2, 0) is 14.3 Å². The van der Waals surface area contributed by atoms with Crippen molar-refractivity contribution < 1.29 is 14.3 Å². The second-order valence-corrected chi connectivity index (χ2v) is 7.42. The first-order valence-corrected chi connectivity index (χ1v) is 9.20. The topological polar surface area (TPSA) is 78.7 Å². The molecule has 0 radical (unpaired) electrons. The molecule has 0 saturated carbocycles. The normalized spacial score (nSPS) is 28.5. The minimum atomic E-state index is -0.431. The van der Waals surface area contributed by atoms with E-state index in [4.69, 9.17) is 9.47 Å². The van der Waals surface area contributed by atoms with E-state index in [1.165, 1.54) is 0 Å². The number of amides is 1. The van der Waals surface area contributed by atoms with Gasteiger partial charge in [-0.05, 0) is 19.4 Å². The van der Waals surface area contributed by atoms with Crippen LogP contribution in [0.1, 0.15) is 17.7 Å². The van der Waals surface area contributed by atoms with E-state index in [0.717, 1.165) is 24.3 Å². The second kappa shape index (κ2) is 6.86. The Labute approximate surface area is 153 Å². The monoisotopic (exact) mass is 356 g/mol. The SMILES string of the molecule is Cc1cc(N2CC3COCCC3(C(=O)N3CCOCC3)C2)c(C#N)cn1. The quantitative estimate of drug-likeness (QED) is 0.785. The summed E-state index contributed by atoms with van der Waals surface area (Å²) < 4.78 is 11.1. The number of hydrogen-bond donors (Lipinski definition) is 0. The maximum atomic E-state index is 13.5. The number of carbonyl (C=O) groups is 1. The van der Waals surface area contributed by atoms with Crippen LogP contribution >= 0.6 is 0 Å². The number of carbonyl (C=O) groups excluding carboxylic acids is 1. The third-order valence-corrected chi connectivity index (χ3v) is 5.91. The largest absolute Gasteiger partial charge is 0.381 e. The molecule has 3 aliphatic rings. The van der Waals surface area contributed by atoms with Gasteiger partial charge in [-0.3, -0.25) is 9.78 Å². The molecule has 0 N–H and O–H groups in total. The fourth-order valence-electron chi connectivity index (χ4n) is 4.46. The van der Waals surface area contributed by atoms with Gasteiger partial charge >= 0.3 is 0 Å². The molecule has 1 aromatic rings. The molecular formula is C19H24N4O3. The Morgan fingerprint density at radius 1 is 1.35 bits per heavy atom. The smallest absolute Gasteiger partial charge is 0.231 e. The number of nitrogens with zero attached hydrogens (tertiary/aromatic N) is 4. The number of fused-ring (bicyclic) bond motifs is 1. The Morgan fingerprint density at radius 2 is 2.15 bits per heavy atom. The molecule has 0 aromatic carbocycles. The minimum absolute atomic E-state index is 0.145. The molecule has 26 heavy (non-hydrogen) atoms. The molecule has 2 unspecified atom stereocenters. The Kier molecular flexibility index (Phi) is 4.55. The van der Waals surface area contributed by atoms with Gasteiger partial charge in [0.15, 0.2) is 0 Å². The van der Waals surface area contributed by atoms with E-state index in [1.807, 2.05) is 17.9 Å². The Balaban J connectivity index is 1.65. The highest BCUT2D eigenvalue weighted by Gasteiger charge is 2.55. The molecular weight excluding hydrogens is 332 g/mol. The summed E-state index contributed by atoms with van der Waals surface area (Å²) in [6.45, 7) is 7.02. The van der Waals surface area contributed by atoms with Crippen LogP contribution in [-0.4, -0.2) is 68.4 Å². The average Bonchev–Trinajstić information content (AvgIpc) is 3.09. The molecule has 1 amide bonds. The van der Waals surface area contributed by atoms with Crippen LogP contribution in [0.2, 0.25) is 0 Å². The average molecular weight is 356 g/mol. The second-order valence-electron chi connectivity index (χ2n) is 7.42. The molecule has 7 nitrogen and oxygen atoms in total. The molecule has 0 aliphatic carbocycles. The van der Waals surface area contributed by atoms with E-state index in [0.29, 0.717) is 51.6 Å². The number of nitriles is 1. The Hall–Kier alpha value is -2.17. The lowest BCUT2D eigenvalue weighted by Crippen LogP contribution is -2.54. The molecule has 3 fully saturated rings. The lowest BCUT2D eigenvalue weighted by molar-refractivity contribution is -0.154. The van der Waals surface area contributed by atoms with Crippen LogP contribution in [0.15, 0.2) is 12.3 Å².